The lowest BCUT2D eigenvalue weighted by atomic mass is 9.95. The Hall–Kier alpha value is -2.27. The number of aromatic nitrogens is 2. The largest absolute Gasteiger partial charge is 0.368 e. The van der Waals surface area contributed by atoms with E-state index in [1.165, 1.54) is 48.1 Å². The van der Waals surface area contributed by atoms with Crippen LogP contribution >= 0.6 is 11.8 Å². The third-order valence-electron chi connectivity index (χ3n) is 5.08. The van der Waals surface area contributed by atoms with Crippen LogP contribution in [0.4, 0.5) is 11.8 Å². The third-order valence-corrected chi connectivity index (χ3v) is 5.83. The second-order valence-corrected chi connectivity index (χ2v) is 7.75. The zero-order valence-corrected chi connectivity index (χ0v) is 15.9. The molecule has 3 N–H and O–H groups in total. The highest BCUT2D eigenvalue weighted by Crippen LogP contribution is 2.30. The van der Waals surface area contributed by atoms with Crippen molar-refractivity contribution in [3.05, 3.63) is 42.5 Å². The Bertz CT molecular complexity index is 902. The molecule has 0 unspecified atom stereocenters. The van der Waals surface area contributed by atoms with Crippen LogP contribution in [-0.4, -0.2) is 22.3 Å². The molecule has 4 rings (SSSR count). The van der Waals surface area contributed by atoms with E-state index in [1.54, 1.807) is 11.8 Å². The first kappa shape index (κ1) is 17.2. The van der Waals surface area contributed by atoms with E-state index < -0.39 is 0 Å². The highest BCUT2D eigenvalue weighted by molar-refractivity contribution is 7.98. The monoisotopic (exact) mass is 364 g/mol. The van der Waals surface area contributed by atoms with Crippen LogP contribution in [-0.2, 0) is 0 Å². The van der Waals surface area contributed by atoms with Crippen LogP contribution in [0.1, 0.15) is 32.1 Å². The van der Waals surface area contributed by atoms with Crippen LogP contribution in [0.15, 0.2) is 47.4 Å². The fourth-order valence-electron chi connectivity index (χ4n) is 3.66. The number of nitrogens with one attached hydrogen (secondary N) is 1. The molecule has 5 heteroatoms. The smallest absolute Gasteiger partial charge is 0.222 e. The first-order valence-corrected chi connectivity index (χ1v) is 10.4. The Balaban J connectivity index is 1.72. The zero-order chi connectivity index (χ0) is 17.9. The van der Waals surface area contributed by atoms with E-state index in [-0.39, 0.29) is 0 Å². The van der Waals surface area contributed by atoms with E-state index in [9.17, 15) is 0 Å². The second kappa shape index (κ2) is 7.54. The lowest BCUT2D eigenvalue weighted by Gasteiger charge is -2.24. The summed E-state index contributed by atoms with van der Waals surface area (Å²) in [5.74, 6) is 1.19. The SMILES string of the molecule is CSc1ccc(-c2ccc3nc(N)nc(NC4CCCCC4)c3c2)cc1. The number of nitrogen functional groups attached to an aromatic ring is 1. The fraction of sp³-hybridized carbons (Fsp3) is 0.333. The van der Waals surface area contributed by atoms with Gasteiger partial charge in [-0.3, -0.25) is 0 Å². The standard InChI is InChI=1S/C21H24N4S/c1-26-17-10-7-14(8-11-17)15-9-12-19-18(13-15)20(25-21(22)24-19)23-16-5-3-2-4-6-16/h7-13,16H,2-6H2,1H3,(H3,22,23,24,25). The maximum atomic E-state index is 5.95. The van der Waals surface area contributed by atoms with Gasteiger partial charge in [0.2, 0.25) is 5.95 Å². The molecule has 4 nitrogen and oxygen atoms in total. The van der Waals surface area contributed by atoms with Crippen molar-refractivity contribution in [1.82, 2.24) is 9.97 Å². The minimum Gasteiger partial charge on any atom is -0.368 e. The fourth-order valence-corrected chi connectivity index (χ4v) is 4.07. The van der Waals surface area contributed by atoms with Crippen molar-refractivity contribution in [3.8, 4) is 11.1 Å². The lowest BCUT2D eigenvalue weighted by Crippen LogP contribution is -2.23. The molecule has 0 radical (unpaired) electrons. The summed E-state index contributed by atoms with van der Waals surface area (Å²) in [4.78, 5) is 10.2. The van der Waals surface area contributed by atoms with E-state index >= 15 is 0 Å². The highest BCUT2D eigenvalue weighted by Gasteiger charge is 2.16. The average molecular weight is 365 g/mol. The Morgan fingerprint density at radius 2 is 1.69 bits per heavy atom. The molecule has 3 aromatic rings. The molecule has 26 heavy (non-hydrogen) atoms. The van der Waals surface area contributed by atoms with E-state index in [4.69, 9.17) is 5.73 Å². The summed E-state index contributed by atoms with van der Waals surface area (Å²) < 4.78 is 0. The van der Waals surface area contributed by atoms with Gasteiger partial charge in [0.15, 0.2) is 0 Å². The van der Waals surface area contributed by atoms with E-state index in [2.05, 4.69) is 57.9 Å². The zero-order valence-electron chi connectivity index (χ0n) is 15.0. The predicted molar refractivity (Wildman–Crippen MR) is 112 cm³/mol. The van der Waals surface area contributed by atoms with Crippen LogP contribution in [0.2, 0.25) is 0 Å². The molecule has 0 saturated heterocycles. The maximum Gasteiger partial charge on any atom is 0.222 e. The number of fused-ring (bicyclic) bond motifs is 1. The van der Waals surface area contributed by atoms with E-state index in [1.807, 2.05) is 6.07 Å². The van der Waals surface area contributed by atoms with Gasteiger partial charge in [-0.2, -0.15) is 4.98 Å². The maximum absolute atomic E-state index is 5.95. The Morgan fingerprint density at radius 1 is 0.962 bits per heavy atom. The first-order chi connectivity index (χ1) is 12.7. The molecule has 1 heterocycles. The number of benzene rings is 2. The predicted octanol–water partition coefficient (Wildman–Crippen LogP) is 5.35. The number of nitrogens with two attached hydrogens (primary N) is 1. The van der Waals surface area contributed by atoms with Gasteiger partial charge in [0.05, 0.1) is 5.52 Å². The molecule has 0 spiro atoms. The Labute approximate surface area is 158 Å². The minimum absolute atomic E-state index is 0.327. The normalized spacial score (nSPS) is 15.3. The van der Waals surface area contributed by atoms with Gasteiger partial charge < -0.3 is 11.1 Å². The van der Waals surface area contributed by atoms with Gasteiger partial charge in [-0.1, -0.05) is 37.5 Å². The van der Waals surface area contributed by atoms with Gasteiger partial charge >= 0.3 is 0 Å². The number of nitrogens with zero attached hydrogens (tertiary/aromatic N) is 2. The molecule has 1 aliphatic rings. The first-order valence-electron chi connectivity index (χ1n) is 9.21. The summed E-state index contributed by atoms with van der Waals surface area (Å²) in [7, 11) is 0. The van der Waals surface area contributed by atoms with Crippen LogP contribution in [0.5, 0.6) is 0 Å². The highest BCUT2D eigenvalue weighted by atomic mass is 32.2. The Kier molecular flexibility index (Phi) is 4.98. The number of rotatable bonds is 4. The summed E-state index contributed by atoms with van der Waals surface area (Å²) in [6.07, 6.45) is 8.38. The summed E-state index contributed by atoms with van der Waals surface area (Å²) in [5.41, 5.74) is 9.21. The van der Waals surface area contributed by atoms with Gasteiger partial charge in [-0.15, -0.1) is 11.8 Å². The van der Waals surface area contributed by atoms with Crippen LogP contribution in [0, 0.1) is 0 Å². The van der Waals surface area contributed by atoms with Gasteiger partial charge in [-0.25, -0.2) is 4.98 Å². The number of anilines is 2. The molecule has 2 aromatic carbocycles. The molecular formula is C21H24N4S. The number of hydrogen-bond donors (Lipinski definition) is 2. The van der Waals surface area contributed by atoms with Gasteiger partial charge in [0.1, 0.15) is 5.82 Å². The van der Waals surface area contributed by atoms with Crippen molar-refractivity contribution >= 4 is 34.4 Å². The van der Waals surface area contributed by atoms with Crippen LogP contribution in [0.3, 0.4) is 0 Å². The molecule has 1 aliphatic carbocycles. The van der Waals surface area contributed by atoms with E-state index in [0.717, 1.165) is 16.7 Å². The second-order valence-electron chi connectivity index (χ2n) is 6.87. The molecule has 1 saturated carbocycles. The molecule has 134 valence electrons. The third kappa shape index (κ3) is 3.63. The van der Waals surface area contributed by atoms with Crippen molar-refractivity contribution in [2.24, 2.45) is 0 Å². The molecule has 1 fully saturated rings. The van der Waals surface area contributed by atoms with Crippen molar-refractivity contribution < 1.29 is 0 Å². The van der Waals surface area contributed by atoms with Crippen molar-refractivity contribution in [1.29, 1.82) is 0 Å². The Morgan fingerprint density at radius 3 is 2.42 bits per heavy atom. The molecule has 0 amide bonds. The van der Waals surface area contributed by atoms with Gasteiger partial charge in [0.25, 0.3) is 0 Å². The van der Waals surface area contributed by atoms with Crippen LogP contribution in [0.25, 0.3) is 22.0 Å². The van der Waals surface area contributed by atoms with Crippen molar-refractivity contribution in [3.63, 3.8) is 0 Å². The quantitative estimate of drug-likeness (QED) is 0.611. The minimum atomic E-state index is 0.327. The summed E-state index contributed by atoms with van der Waals surface area (Å²) in [5, 5.41) is 4.67. The molecule has 0 aliphatic heterocycles. The molecule has 0 atom stereocenters. The van der Waals surface area contributed by atoms with Crippen molar-refractivity contribution in [2.75, 3.05) is 17.3 Å². The van der Waals surface area contributed by atoms with E-state index in [0.29, 0.717) is 12.0 Å². The molecule has 0 bridgehead atoms. The topological polar surface area (TPSA) is 63.8 Å². The lowest BCUT2D eigenvalue weighted by molar-refractivity contribution is 0.462. The summed E-state index contributed by atoms with van der Waals surface area (Å²) >= 11 is 1.75. The molecular weight excluding hydrogens is 340 g/mol. The van der Waals surface area contributed by atoms with Gasteiger partial charge in [0, 0.05) is 16.3 Å². The molecule has 1 aromatic heterocycles. The average Bonchev–Trinajstić information content (AvgIpc) is 2.68. The number of hydrogen-bond acceptors (Lipinski definition) is 5. The van der Waals surface area contributed by atoms with Gasteiger partial charge in [-0.05, 0) is 54.5 Å². The summed E-state index contributed by atoms with van der Waals surface area (Å²) in [6.45, 7) is 0. The van der Waals surface area contributed by atoms with Crippen molar-refractivity contribution in [2.45, 2.75) is 43.0 Å². The summed E-state index contributed by atoms with van der Waals surface area (Å²) in [6, 6.07) is 15.4. The van der Waals surface area contributed by atoms with Crippen LogP contribution < -0.4 is 11.1 Å². The number of thioether (sulfide) groups is 1.